The van der Waals surface area contributed by atoms with Crippen LogP contribution < -0.4 is 10.6 Å². The van der Waals surface area contributed by atoms with Crippen molar-refractivity contribution in [3.63, 3.8) is 0 Å². The minimum atomic E-state index is -0.165. The fraction of sp³-hybridized carbons (Fsp3) is 0.333. The van der Waals surface area contributed by atoms with Crippen molar-refractivity contribution in [3.05, 3.63) is 66.0 Å². The van der Waals surface area contributed by atoms with Crippen molar-refractivity contribution in [2.24, 2.45) is 0 Å². The molecule has 0 saturated carbocycles. The zero-order chi connectivity index (χ0) is 18.4. The van der Waals surface area contributed by atoms with Crippen LogP contribution in [0, 0.1) is 0 Å². The van der Waals surface area contributed by atoms with Crippen molar-refractivity contribution in [2.45, 2.75) is 45.8 Å². The van der Waals surface area contributed by atoms with Gasteiger partial charge in [0.15, 0.2) is 0 Å². The Balaban J connectivity index is 1.66. The Morgan fingerprint density at radius 2 is 1.81 bits per heavy atom. The molecule has 1 heterocycles. The summed E-state index contributed by atoms with van der Waals surface area (Å²) in [5.74, 6) is 0.871. The number of carbonyl (C=O) groups is 1. The van der Waals surface area contributed by atoms with Gasteiger partial charge in [-0.25, -0.2) is 9.78 Å². The number of rotatable bonds is 7. The van der Waals surface area contributed by atoms with Gasteiger partial charge in [-0.3, -0.25) is 0 Å². The van der Waals surface area contributed by atoms with Gasteiger partial charge >= 0.3 is 6.03 Å². The van der Waals surface area contributed by atoms with Crippen LogP contribution in [0.2, 0.25) is 0 Å². The Morgan fingerprint density at radius 3 is 2.54 bits per heavy atom. The monoisotopic (exact) mass is 350 g/mol. The molecular formula is C21H26N4O. The first-order valence-electron chi connectivity index (χ1n) is 9.26. The first kappa shape index (κ1) is 18.0. The molecule has 3 rings (SSSR count). The Labute approximate surface area is 154 Å². The smallest absolute Gasteiger partial charge is 0.315 e. The summed E-state index contributed by atoms with van der Waals surface area (Å²) in [7, 11) is 0. The molecule has 0 aliphatic heterocycles. The molecule has 136 valence electrons. The van der Waals surface area contributed by atoms with E-state index in [2.05, 4.69) is 52.2 Å². The van der Waals surface area contributed by atoms with Gasteiger partial charge in [0.2, 0.25) is 0 Å². The lowest BCUT2D eigenvalue weighted by molar-refractivity contribution is 0.235. The van der Waals surface area contributed by atoms with Crippen molar-refractivity contribution in [2.75, 3.05) is 0 Å². The second kappa shape index (κ2) is 8.52. The van der Waals surface area contributed by atoms with E-state index in [0.29, 0.717) is 6.54 Å². The summed E-state index contributed by atoms with van der Waals surface area (Å²) in [6, 6.07) is 18.0. The molecule has 5 heteroatoms. The van der Waals surface area contributed by atoms with Crippen LogP contribution in [0.4, 0.5) is 4.79 Å². The predicted molar refractivity (Wildman–Crippen MR) is 105 cm³/mol. The SMILES string of the molecule is CCC[C@H](NC(=O)NCc1nc2ccccc2n1CC)c1ccccc1. The number of urea groups is 1. The Hall–Kier alpha value is -2.82. The standard InChI is InChI=1S/C21H26N4O/c1-3-10-17(16-11-6-5-7-12-16)24-21(26)22-15-20-23-18-13-8-9-14-19(18)25(20)4-2/h5-9,11-14,17H,3-4,10,15H2,1-2H3,(H2,22,24,26)/t17-/m0/s1. The van der Waals surface area contributed by atoms with Gasteiger partial charge in [-0.2, -0.15) is 0 Å². The summed E-state index contributed by atoms with van der Waals surface area (Å²) >= 11 is 0. The Bertz CT molecular complexity index is 857. The third-order valence-corrected chi connectivity index (χ3v) is 4.54. The summed E-state index contributed by atoms with van der Waals surface area (Å²) in [6.07, 6.45) is 1.91. The van der Waals surface area contributed by atoms with Gasteiger partial charge in [0.05, 0.1) is 23.6 Å². The molecule has 0 bridgehead atoms. The molecule has 2 aromatic carbocycles. The maximum atomic E-state index is 12.4. The molecule has 1 aromatic heterocycles. The highest BCUT2D eigenvalue weighted by Gasteiger charge is 2.15. The van der Waals surface area contributed by atoms with Crippen LogP contribution in [0.5, 0.6) is 0 Å². The van der Waals surface area contributed by atoms with Gasteiger partial charge in [0.1, 0.15) is 5.82 Å². The van der Waals surface area contributed by atoms with Gasteiger partial charge in [-0.15, -0.1) is 0 Å². The quantitative estimate of drug-likeness (QED) is 0.663. The second-order valence-corrected chi connectivity index (χ2v) is 6.34. The normalized spacial score (nSPS) is 12.1. The molecule has 0 radical (unpaired) electrons. The minimum absolute atomic E-state index is 0.0196. The van der Waals surface area contributed by atoms with Crippen molar-refractivity contribution in [3.8, 4) is 0 Å². The third kappa shape index (κ3) is 4.04. The number of amides is 2. The van der Waals surface area contributed by atoms with Gasteiger partial charge < -0.3 is 15.2 Å². The lowest BCUT2D eigenvalue weighted by Crippen LogP contribution is -2.38. The number of hydrogen-bond donors (Lipinski definition) is 2. The number of fused-ring (bicyclic) bond motifs is 1. The van der Waals surface area contributed by atoms with Crippen LogP contribution in [-0.4, -0.2) is 15.6 Å². The van der Waals surface area contributed by atoms with E-state index in [0.717, 1.165) is 41.8 Å². The van der Waals surface area contributed by atoms with E-state index in [4.69, 9.17) is 0 Å². The molecule has 0 aliphatic carbocycles. The highest BCUT2D eigenvalue weighted by atomic mass is 16.2. The predicted octanol–water partition coefficient (Wildman–Crippen LogP) is 4.40. The van der Waals surface area contributed by atoms with E-state index in [1.165, 1.54) is 0 Å². The maximum Gasteiger partial charge on any atom is 0.315 e. The number of hydrogen-bond acceptors (Lipinski definition) is 2. The van der Waals surface area contributed by atoms with E-state index in [1.807, 2.05) is 36.4 Å². The number of nitrogens with one attached hydrogen (secondary N) is 2. The fourth-order valence-corrected chi connectivity index (χ4v) is 3.28. The molecule has 0 unspecified atom stereocenters. The molecule has 3 aromatic rings. The number of para-hydroxylation sites is 2. The molecule has 2 N–H and O–H groups in total. The first-order valence-corrected chi connectivity index (χ1v) is 9.26. The first-order chi connectivity index (χ1) is 12.7. The summed E-state index contributed by atoms with van der Waals surface area (Å²) in [5.41, 5.74) is 3.19. The second-order valence-electron chi connectivity index (χ2n) is 6.34. The van der Waals surface area contributed by atoms with Crippen LogP contribution in [0.15, 0.2) is 54.6 Å². The number of imidazole rings is 1. The lowest BCUT2D eigenvalue weighted by atomic mass is 10.0. The number of nitrogens with zero attached hydrogens (tertiary/aromatic N) is 2. The minimum Gasteiger partial charge on any atom is -0.331 e. The number of benzene rings is 2. The van der Waals surface area contributed by atoms with E-state index in [-0.39, 0.29) is 12.1 Å². The highest BCUT2D eigenvalue weighted by Crippen LogP contribution is 2.18. The van der Waals surface area contributed by atoms with E-state index in [1.54, 1.807) is 0 Å². The Kier molecular flexibility index (Phi) is 5.89. The van der Waals surface area contributed by atoms with Gasteiger partial charge in [0.25, 0.3) is 0 Å². The lowest BCUT2D eigenvalue weighted by Gasteiger charge is -2.19. The van der Waals surface area contributed by atoms with E-state index < -0.39 is 0 Å². The summed E-state index contributed by atoms with van der Waals surface area (Å²) in [5, 5.41) is 6.05. The van der Waals surface area contributed by atoms with E-state index >= 15 is 0 Å². The molecule has 0 saturated heterocycles. The molecule has 26 heavy (non-hydrogen) atoms. The van der Waals surface area contributed by atoms with Gasteiger partial charge in [0, 0.05) is 6.54 Å². The average Bonchev–Trinajstić information content (AvgIpc) is 3.04. The maximum absolute atomic E-state index is 12.4. The number of aryl methyl sites for hydroxylation is 1. The van der Waals surface area contributed by atoms with Gasteiger partial charge in [-0.1, -0.05) is 55.8 Å². The largest absolute Gasteiger partial charge is 0.331 e. The van der Waals surface area contributed by atoms with Gasteiger partial charge in [-0.05, 0) is 31.0 Å². The molecular weight excluding hydrogens is 324 g/mol. The van der Waals surface area contributed by atoms with Crippen LogP contribution in [-0.2, 0) is 13.1 Å². The number of carbonyl (C=O) groups excluding carboxylic acids is 1. The zero-order valence-corrected chi connectivity index (χ0v) is 15.4. The zero-order valence-electron chi connectivity index (χ0n) is 15.4. The summed E-state index contributed by atoms with van der Waals surface area (Å²) in [6.45, 7) is 5.44. The van der Waals surface area contributed by atoms with E-state index in [9.17, 15) is 4.79 Å². The Morgan fingerprint density at radius 1 is 1.08 bits per heavy atom. The third-order valence-electron chi connectivity index (χ3n) is 4.54. The molecule has 0 aliphatic rings. The highest BCUT2D eigenvalue weighted by molar-refractivity contribution is 5.77. The van der Waals surface area contributed by atoms with Crippen molar-refractivity contribution < 1.29 is 4.79 Å². The summed E-state index contributed by atoms with van der Waals surface area (Å²) < 4.78 is 2.14. The van der Waals surface area contributed by atoms with Crippen LogP contribution in [0.3, 0.4) is 0 Å². The molecule has 1 atom stereocenters. The van der Waals surface area contributed by atoms with Crippen molar-refractivity contribution in [1.82, 2.24) is 20.2 Å². The summed E-state index contributed by atoms with van der Waals surface area (Å²) in [4.78, 5) is 17.1. The molecule has 0 spiro atoms. The van der Waals surface area contributed by atoms with Crippen molar-refractivity contribution >= 4 is 17.1 Å². The molecule has 0 fully saturated rings. The number of aromatic nitrogens is 2. The average molecular weight is 350 g/mol. The molecule has 5 nitrogen and oxygen atoms in total. The molecule has 2 amide bonds. The fourth-order valence-electron chi connectivity index (χ4n) is 3.28. The topological polar surface area (TPSA) is 59.0 Å². The van der Waals surface area contributed by atoms with Crippen molar-refractivity contribution in [1.29, 1.82) is 0 Å². The van der Waals surface area contributed by atoms with Crippen LogP contribution in [0.25, 0.3) is 11.0 Å². The van der Waals surface area contributed by atoms with Crippen LogP contribution >= 0.6 is 0 Å². The van der Waals surface area contributed by atoms with Crippen LogP contribution in [0.1, 0.15) is 44.1 Å².